The van der Waals surface area contributed by atoms with E-state index in [1.165, 1.54) is 23.6 Å². The minimum absolute atomic E-state index is 0.289. The number of halogens is 1. The fraction of sp³-hybridized carbons (Fsp3) is 0.154. The molecule has 0 radical (unpaired) electrons. The van der Waals surface area contributed by atoms with E-state index in [1.807, 2.05) is 30.3 Å². The van der Waals surface area contributed by atoms with Gasteiger partial charge >= 0.3 is 10.2 Å². The molecule has 5 nitrogen and oxygen atoms in total. The van der Waals surface area contributed by atoms with Gasteiger partial charge in [0.1, 0.15) is 5.15 Å². The lowest BCUT2D eigenvalue weighted by Gasteiger charge is -2.18. The van der Waals surface area contributed by atoms with Gasteiger partial charge in [0.15, 0.2) is 0 Å². The van der Waals surface area contributed by atoms with Gasteiger partial charge in [-0.1, -0.05) is 41.9 Å². The van der Waals surface area contributed by atoms with Crippen LogP contribution in [0.1, 0.15) is 5.56 Å². The Morgan fingerprint density at radius 2 is 1.90 bits per heavy atom. The first-order valence-corrected chi connectivity index (χ1v) is 7.69. The van der Waals surface area contributed by atoms with Gasteiger partial charge in [-0.2, -0.15) is 12.7 Å². The molecule has 0 saturated carbocycles. The van der Waals surface area contributed by atoms with Gasteiger partial charge in [0.25, 0.3) is 0 Å². The average molecular weight is 312 g/mol. The Balaban J connectivity index is 2.08. The number of anilines is 1. The zero-order valence-electron chi connectivity index (χ0n) is 10.8. The Morgan fingerprint density at radius 1 is 1.20 bits per heavy atom. The van der Waals surface area contributed by atoms with Gasteiger partial charge in [-0.05, 0) is 17.7 Å². The van der Waals surface area contributed by atoms with Crippen molar-refractivity contribution >= 4 is 27.5 Å². The zero-order chi connectivity index (χ0) is 14.6. The molecule has 2 aromatic rings. The number of hydrogen-bond acceptors (Lipinski definition) is 3. The molecule has 0 saturated heterocycles. The summed E-state index contributed by atoms with van der Waals surface area (Å²) in [5.41, 5.74) is 1.28. The van der Waals surface area contributed by atoms with Crippen molar-refractivity contribution in [3.8, 4) is 0 Å². The second kappa shape index (κ2) is 6.21. The molecule has 1 aromatic heterocycles. The summed E-state index contributed by atoms with van der Waals surface area (Å²) in [4.78, 5) is 3.83. The van der Waals surface area contributed by atoms with E-state index < -0.39 is 10.2 Å². The summed E-state index contributed by atoms with van der Waals surface area (Å²) in [6, 6.07) is 12.4. The Kier molecular flexibility index (Phi) is 4.59. The van der Waals surface area contributed by atoms with E-state index in [-0.39, 0.29) is 6.54 Å². The van der Waals surface area contributed by atoms with Crippen LogP contribution in [-0.4, -0.2) is 24.8 Å². The Bertz CT molecular complexity index is 660. The molecule has 7 heteroatoms. The third-order valence-electron chi connectivity index (χ3n) is 2.63. The van der Waals surface area contributed by atoms with E-state index in [0.717, 1.165) is 5.56 Å². The SMILES string of the molecule is CN(Cc1ccccc1)S(=O)(=O)Nc1ccc(Cl)nc1. The van der Waals surface area contributed by atoms with E-state index in [4.69, 9.17) is 11.6 Å². The minimum atomic E-state index is -3.62. The lowest BCUT2D eigenvalue weighted by Crippen LogP contribution is -2.32. The van der Waals surface area contributed by atoms with Crippen molar-refractivity contribution in [2.24, 2.45) is 0 Å². The van der Waals surface area contributed by atoms with Crippen LogP contribution >= 0.6 is 11.6 Å². The first-order valence-electron chi connectivity index (χ1n) is 5.87. The molecular formula is C13H14ClN3O2S. The molecule has 0 amide bonds. The maximum absolute atomic E-state index is 12.1. The quantitative estimate of drug-likeness (QED) is 0.863. The predicted octanol–water partition coefficient (Wildman–Crippen LogP) is 2.52. The van der Waals surface area contributed by atoms with Gasteiger partial charge in [-0.3, -0.25) is 4.72 Å². The third-order valence-corrected chi connectivity index (χ3v) is 4.30. The Hall–Kier alpha value is -1.63. The maximum Gasteiger partial charge on any atom is 0.301 e. The number of pyridine rings is 1. The lowest BCUT2D eigenvalue weighted by molar-refractivity contribution is 0.471. The van der Waals surface area contributed by atoms with Crippen molar-refractivity contribution in [2.45, 2.75) is 6.54 Å². The summed E-state index contributed by atoms with van der Waals surface area (Å²) in [6.07, 6.45) is 1.37. The summed E-state index contributed by atoms with van der Waals surface area (Å²) in [7, 11) is -2.11. The first-order chi connectivity index (χ1) is 9.47. The van der Waals surface area contributed by atoms with Gasteiger partial charge in [0.05, 0.1) is 11.9 Å². The molecule has 1 heterocycles. The Morgan fingerprint density at radius 3 is 2.50 bits per heavy atom. The molecule has 1 N–H and O–H groups in total. The smallest absolute Gasteiger partial charge is 0.269 e. The first kappa shape index (κ1) is 14.8. The third kappa shape index (κ3) is 3.93. The second-order valence-electron chi connectivity index (χ2n) is 4.22. The highest BCUT2D eigenvalue weighted by atomic mass is 35.5. The Labute approximate surface area is 123 Å². The van der Waals surface area contributed by atoms with Crippen LogP contribution in [0.3, 0.4) is 0 Å². The summed E-state index contributed by atoms with van der Waals surface area (Å²) < 4.78 is 28.0. The van der Waals surface area contributed by atoms with Crippen molar-refractivity contribution in [1.82, 2.24) is 9.29 Å². The number of nitrogens with zero attached hydrogens (tertiary/aromatic N) is 2. The van der Waals surface area contributed by atoms with E-state index in [2.05, 4.69) is 9.71 Å². The summed E-state index contributed by atoms with van der Waals surface area (Å²) in [6.45, 7) is 0.289. The van der Waals surface area contributed by atoms with Gasteiger partial charge in [0.2, 0.25) is 0 Å². The number of aromatic nitrogens is 1. The van der Waals surface area contributed by atoms with E-state index in [9.17, 15) is 8.42 Å². The molecule has 2 rings (SSSR count). The van der Waals surface area contributed by atoms with Crippen molar-refractivity contribution in [3.63, 3.8) is 0 Å². The summed E-state index contributed by atoms with van der Waals surface area (Å²) in [5.74, 6) is 0. The van der Waals surface area contributed by atoms with Crippen LogP contribution in [0.2, 0.25) is 5.15 Å². The predicted molar refractivity (Wildman–Crippen MR) is 79.7 cm³/mol. The van der Waals surface area contributed by atoms with Crippen molar-refractivity contribution in [1.29, 1.82) is 0 Å². The summed E-state index contributed by atoms with van der Waals surface area (Å²) in [5, 5.41) is 0.311. The minimum Gasteiger partial charge on any atom is -0.269 e. The van der Waals surface area contributed by atoms with Crippen LogP contribution < -0.4 is 4.72 Å². The molecule has 0 fully saturated rings. The largest absolute Gasteiger partial charge is 0.301 e. The molecule has 0 spiro atoms. The fourth-order valence-corrected chi connectivity index (χ4v) is 2.59. The maximum atomic E-state index is 12.1. The number of benzene rings is 1. The molecule has 0 bridgehead atoms. The van der Waals surface area contributed by atoms with E-state index in [1.54, 1.807) is 6.07 Å². The topological polar surface area (TPSA) is 62.3 Å². The van der Waals surface area contributed by atoms with E-state index >= 15 is 0 Å². The molecule has 20 heavy (non-hydrogen) atoms. The van der Waals surface area contributed by atoms with Crippen LogP contribution in [0.25, 0.3) is 0 Å². The van der Waals surface area contributed by atoms with Crippen LogP contribution in [0.15, 0.2) is 48.7 Å². The second-order valence-corrected chi connectivity index (χ2v) is 6.38. The van der Waals surface area contributed by atoms with Crippen LogP contribution in [0, 0.1) is 0 Å². The van der Waals surface area contributed by atoms with Gasteiger partial charge in [-0.15, -0.1) is 0 Å². The molecule has 0 aliphatic carbocycles. The molecule has 0 unspecified atom stereocenters. The molecule has 1 aromatic carbocycles. The van der Waals surface area contributed by atoms with Crippen molar-refractivity contribution < 1.29 is 8.42 Å². The highest BCUT2D eigenvalue weighted by Gasteiger charge is 2.17. The number of nitrogens with one attached hydrogen (secondary N) is 1. The standard InChI is InChI=1S/C13H14ClN3O2S/c1-17(10-11-5-3-2-4-6-11)20(18,19)16-12-7-8-13(14)15-9-12/h2-9,16H,10H2,1H3. The average Bonchev–Trinajstić information content (AvgIpc) is 2.42. The molecule has 0 aliphatic rings. The van der Waals surface area contributed by atoms with Crippen LogP contribution in [0.4, 0.5) is 5.69 Å². The molecule has 0 atom stereocenters. The highest BCUT2D eigenvalue weighted by molar-refractivity contribution is 7.90. The van der Waals surface area contributed by atoms with E-state index in [0.29, 0.717) is 10.8 Å². The number of rotatable bonds is 5. The fourth-order valence-electron chi connectivity index (χ4n) is 1.59. The van der Waals surface area contributed by atoms with Crippen molar-refractivity contribution in [3.05, 3.63) is 59.4 Å². The van der Waals surface area contributed by atoms with Gasteiger partial charge in [0, 0.05) is 13.6 Å². The van der Waals surface area contributed by atoms with Crippen LogP contribution in [-0.2, 0) is 16.8 Å². The molecule has 0 aliphatic heterocycles. The van der Waals surface area contributed by atoms with Crippen molar-refractivity contribution in [2.75, 3.05) is 11.8 Å². The number of hydrogen-bond donors (Lipinski definition) is 1. The normalized spacial score (nSPS) is 11.6. The lowest BCUT2D eigenvalue weighted by atomic mass is 10.2. The monoisotopic (exact) mass is 311 g/mol. The zero-order valence-corrected chi connectivity index (χ0v) is 12.4. The molecule has 106 valence electrons. The van der Waals surface area contributed by atoms with Gasteiger partial charge in [-0.25, -0.2) is 4.98 Å². The molecular weight excluding hydrogens is 298 g/mol. The van der Waals surface area contributed by atoms with Gasteiger partial charge < -0.3 is 0 Å². The van der Waals surface area contributed by atoms with Crippen LogP contribution in [0.5, 0.6) is 0 Å². The summed E-state index contributed by atoms with van der Waals surface area (Å²) >= 11 is 5.65. The highest BCUT2D eigenvalue weighted by Crippen LogP contribution is 2.14.